The summed E-state index contributed by atoms with van der Waals surface area (Å²) in [5.74, 6) is 1.23. The SMILES string of the molecule is CN(C)c1nccnc1OC1CCCN(C(=O)c2ccc(Cn3ccnc3)cc2)C1. The van der Waals surface area contributed by atoms with Crippen LogP contribution in [0.3, 0.4) is 0 Å². The molecule has 8 nitrogen and oxygen atoms in total. The van der Waals surface area contributed by atoms with E-state index in [4.69, 9.17) is 4.74 Å². The Morgan fingerprint density at radius 1 is 1.17 bits per heavy atom. The highest BCUT2D eigenvalue weighted by atomic mass is 16.5. The van der Waals surface area contributed by atoms with Crippen molar-refractivity contribution in [3.63, 3.8) is 0 Å². The minimum Gasteiger partial charge on any atom is -0.470 e. The average molecular weight is 406 g/mol. The molecule has 2 aromatic heterocycles. The standard InChI is InChI=1S/C22H26N6O2/c1-26(2)20-21(25-10-9-24-20)30-19-4-3-12-28(15-19)22(29)18-7-5-17(6-8-18)14-27-13-11-23-16-27/h5-11,13,16,19H,3-4,12,14-15H2,1-2H3. The van der Waals surface area contributed by atoms with Crippen molar-refractivity contribution in [2.45, 2.75) is 25.5 Å². The van der Waals surface area contributed by atoms with Gasteiger partial charge < -0.3 is 19.1 Å². The predicted molar refractivity (Wildman–Crippen MR) is 114 cm³/mol. The van der Waals surface area contributed by atoms with Crippen molar-refractivity contribution in [1.82, 2.24) is 24.4 Å². The van der Waals surface area contributed by atoms with Crippen molar-refractivity contribution in [2.75, 3.05) is 32.1 Å². The molecule has 1 aliphatic rings. The minimum absolute atomic E-state index is 0.0319. The molecule has 0 saturated carbocycles. The molecule has 156 valence electrons. The first kappa shape index (κ1) is 19.9. The van der Waals surface area contributed by atoms with Gasteiger partial charge in [-0.1, -0.05) is 12.1 Å². The number of nitrogens with zero attached hydrogens (tertiary/aromatic N) is 6. The zero-order valence-electron chi connectivity index (χ0n) is 17.3. The van der Waals surface area contributed by atoms with Gasteiger partial charge in [0.1, 0.15) is 6.10 Å². The van der Waals surface area contributed by atoms with Crippen LogP contribution < -0.4 is 9.64 Å². The maximum Gasteiger partial charge on any atom is 0.257 e. The van der Waals surface area contributed by atoms with E-state index in [1.807, 2.05) is 58.9 Å². The van der Waals surface area contributed by atoms with E-state index in [1.165, 1.54) is 0 Å². The molecule has 0 spiro atoms. The summed E-state index contributed by atoms with van der Waals surface area (Å²) in [5, 5.41) is 0. The van der Waals surface area contributed by atoms with Gasteiger partial charge in [-0.05, 0) is 30.5 Å². The number of hydrogen-bond acceptors (Lipinski definition) is 6. The van der Waals surface area contributed by atoms with Gasteiger partial charge in [-0.25, -0.2) is 15.0 Å². The predicted octanol–water partition coefficient (Wildman–Crippen LogP) is 2.47. The largest absolute Gasteiger partial charge is 0.470 e. The van der Waals surface area contributed by atoms with E-state index in [0.717, 1.165) is 31.5 Å². The summed E-state index contributed by atoms with van der Waals surface area (Å²) in [4.78, 5) is 29.5. The van der Waals surface area contributed by atoms with Crippen molar-refractivity contribution in [1.29, 1.82) is 0 Å². The molecule has 1 unspecified atom stereocenters. The number of carbonyl (C=O) groups is 1. The van der Waals surface area contributed by atoms with Crippen LogP contribution in [0.4, 0.5) is 5.82 Å². The molecule has 0 N–H and O–H groups in total. The first-order valence-electron chi connectivity index (χ1n) is 10.1. The Morgan fingerprint density at radius 3 is 2.70 bits per heavy atom. The molecule has 0 aliphatic carbocycles. The molecule has 0 bridgehead atoms. The zero-order valence-corrected chi connectivity index (χ0v) is 17.3. The van der Waals surface area contributed by atoms with Crippen LogP contribution in [0.1, 0.15) is 28.8 Å². The van der Waals surface area contributed by atoms with Crippen molar-refractivity contribution in [3.05, 3.63) is 66.5 Å². The summed E-state index contributed by atoms with van der Waals surface area (Å²) in [6.45, 7) is 2.01. The van der Waals surface area contributed by atoms with E-state index in [9.17, 15) is 4.79 Å². The molecule has 1 aliphatic heterocycles. The Morgan fingerprint density at radius 2 is 1.97 bits per heavy atom. The van der Waals surface area contributed by atoms with Gasteiger partial charge in [0.15, 0.2) is 5.82 Å². The van der Waals surface area contributed by atoms with Gasteiger partial charge in [-0.15, -0.1) is 0 Å². The fraction of sp³-hybridized carbons (Fsp3) is 0.364. The van der Waals surface area contributed by atoms with Gasteiger partial charge in [-0.2, -0.15) is 0 Å². The number of amides is 1. The molecule has 1 amide bonds. The summed E-state index contributed by atoms with van der Waals surface area (Å²) in [6, 6.07) is 7.78. The van der Waals surface area contributed by atoms with Crippen LogP contribution in [-0.2, 0) is 6.54 Å². The molecule has 3 heterocycles. The Labute approximate surface area is 176 Å². The molecule has 3 aromatic rings. The second-order valence-corrected chi connectivity index (χ2v) is 7.64. The van der Waals surface area contributed by atoms with E-state index in [2.05, 4.69) is 15.0 Å². The fourth-order valence-electron chi connectivity index (χ4n) is 3.61. The molecule has 1 atom stereocenters. The van der Waals surface area contributed by atoms with Crippen LogP contribution in [0, 0.1) is 0 Å². The Bertz CT molecular complexity index is 972. The number of likely N-dealkylation sites (tertiary alicyclic amines) is 1. The van der Waals surface area contributed by atoms with Gasteiger partial charge in [0.25, 0.3) is 11.8 Å². The highest BCUT2D eigenvalue weighted by Gasteiger charge is 2.27. The first-order valence-corrected chi connectivity index (χ1v) is 10.1. The molecule has 1 fully saturated rings. The van der Waals surface area contributed by atoms with Crippen LogP contribution in [0.2, 0.25) is 0 Å². The van der Waals surface area contributed by atoms with Gasteiger partial charge in [0.05, 0.1) is 12.9 Å². The highest BCUT2D eigenvalue weighted by Crippen LogP contribution is 2.24. The van der Waals surface area contributed by atoms with Gasteiger partial charge in [-0.3, -0.25) is 4.79 Å². The third kappa shape index (κ3) is 4.59. The Kier molecular flexibility index (Phi) is 5.92. The molecular weight excluding hydrogens is 380 g/mol. The quantitative estimate of drug-likeness (QED) is 0.626. The van der Waals surface area contributed by atoms with E-state index in [1.54, 1.807) is 24.9 Å². The van der Waals surface area contributed by atoms with E-state index in [0.29, 0.717) is 23.8 Å². The van der Waals surface area contributed by atoms with Crippen LogP contribution in [0.15, 0.2) is 55.4 Å². The number of benzene rings is 1. The summed E-state index contributed by atoms with van der Waals surface area (Å²) < 4.78 is 8.12. The number of rotatable bonds is 6. The monoisotopic (exact) mass is 406 g/mol. The van der Waals surface area contributed by atoms with Crippen LogP contribution >= 0.6 is 0 Å². The molecule has 4 rings (SSSR count). The number of aromatic nitrogens is 4. The second-order valence-electron chi connectivity index (χ2n) is 7.64. The summed E-state index contributed by atoms with van der Waals surface area (Å²) in [6.07, 6.45) is 10.4. The fourth-order valence-corrected chi connectivity index (χ4v) is 3.61. The van der Waals surface area contributed by atoms with Crippen LogP contribution in [0.5, 0.6) is 5.88 Å². The first-order chi connectivity index (χ1) is 14.6. The third-order valence-corrected chi connectivity index (χ3v) is 5.14. The Balaban J connectivity index is 1.40. The maximum absolute atomic E-state index is 13.0. The second kappa shape index (κ2) is 8.94. The van der Waals surface area contributed by atoms with Gasteiger partial charge >= 0.3 is 0 Å². The van der Waals surface area contributed by atoms with E-state index in [-0.39, 0.29) is 12.0 Å². The lowest BCUT2D eigenvalue weighted by Gasteiger charge is -2.33. The van der Waals surface area contributed by atoms with Crippen molar-refractivity contribution < 1.29 is 9.53 Å². The van der Waals surface area contributed by atoms with Crippen molar-refractivity contribution >= 4 is 11.7 Å². The number of anilines is 1. The lowest BCUT2D eigenvalue weighted by atomic mass is 10.1. The molecule has 30 heavy (non-hydrogen) atoms. The number of imidazole rings is 1. The van der Waals surface area contributed by atoms with E-state index < -0.39 is 0 Å². The van der Waals surface area contributed by atoms with Gasteiger partial charge in [0, 0.05) is 57.5 Å². The van der Waals surface area contributed by atoms with Crippen LogP contribution in [0.25, 0.3) is 0 Å². The summed E-state index contributed by atoms with van der Waals surface area (Å²) in [7, 11) is 3.81. The normalized spacial score (nSPS) is 16.3. The van der Waals surface area contributed by atoms with Crippen molar-refractivity contribution in [2.24, 2.45) is 0 Å². The summed E-state index contributed by atoms with van der Waals surface area (Å²) >= 11 is 0. The minimum atomic E-state index is -0.0985. The number of hydrogen-bond donors (Lipinski definition) is 0. The lowest BCUT2D eigenvalue weighted by molar-refractivity contribution is 0.0528. The molecular formula is C22H26N6O2. The third-order valence-electron chi connectivity index (χ3n) is 5.14. The number of ether oxygens (including phenoxy) is 1. The molecule has 1 saturated heterocycles. The van der Waals surface area contributed by atoms with Crippen LogP contribution in [-0.4, -0.2) is 63.6 Å². The topological polar surface area (TPSA) is 76.4 Å². The molecule has 1 aromatic carbocycles. The van der Waals surface area contributed by atoms with Crippen molar-refractivity contribution in [3.8, 4) is 5.88 Å². The average Bonchev–Trinajstić information content (AvgIpc) is 3.27. The summed E-state index contributed by atoms with van der Waals surface area (Å²) in [5.41, 5.74) is 1.82. The lowest BCUT2D eigenvalue weighted by Crippen LogP contribution is -2.44. The smallest absolute Gasteiger partial charge is 0.257 e. The highest BCUT2D eigenvalue weighted by molar-refractivity contribution is 5.94. The molecule has 0 radical (unpaired) electrons. The maximum atomic E-state index is 13.0. The van der Waals surface area contributed by atoms with E-state index >= 15 is 0 Å². The van der Waals surface area contributed by atoms with Gasteiger partial charge in [0.2, 0.25) is 0 Å². The Hall–Kier alpha value is -3.42. The zero-order chi connectivity index (χ0) is 20.9. The number of piperidine rings is 1. The molecule has 8 heteroatoms. The number of carbonyl (C=O) groups excluding carboxylic acids is 1.